The zero-order valence-corrected chi connectivity index (χ0v) is 11.3. The summed E-state index contributed by atoms with van der Waals surface area (Å²) in [5.74, 6) is 0. The normalized spacial score (nSPS) is 21.9. The summed E-state index contributed by atoms with van der Waals surface area (Å²) in [6.07, 6.45) is 0.674. The molecule has 0 bridgehead atoms. The van der Waals surface area contributed by atoms with Gasteiger partial charge in [0.15, 0.2) is 0 Å². The Kier molecular flexibility index (Phi) is 3.66. The Balaban J connectivity index is 2.38. The summed E-state index contributed by atoms with van der Waals surface area (Å²) in [6.45, 7) is 0.778. The van der Waals surface area contributed by atoms with E-state index in [0.717, 1.165) is 0 Å². The van der Waals surface area contributed by atoms with Crippen LogP contribution in [-0.4, -0.2) is 31.9 Å². The molecule has 17 heavy (non-hydrogen) atoms. The van der Waals surface area contributed by atoms with Crippen molar-refractivity contribution in [3.63, 3.8) is 0 Å². The highest BCUT2D eigenvalue weighted by Gasteiger charge is 2.31. The Morgan fingerprint density at radius 3 is 2.29 bits per heavy atom. The molecule has 0 saturated carbocycles. The standard InChI is InChI=1S/C10H12Cl2N2O2S/c11-7-3-8(12)5-10(4-7)17(15,16)14-2-1-9(13)6-14/h3-5,9H,1-2,6,13H2/t9-/m1/s1. The minimum atomic E-state index is -3.53. The highest BCUT2D eigenvalue weighted by Crippen LogP contribution is 2.26. The fourth-order valence-electron chi connectivity index (χ4n) is 1.80. The van der Waals surface area contributed by atoms with Gasteiger partial charge in [0, 0.05) is 29.2 Å². The van der Waals surface area contributed by atoms with Crippen molar-refractivity contribution in [3.05, 3.63) is 28.2 Å². The van der Waals surface area contributed by atoms with E-state index in [-0.39, 0.29) is 10.9 Å². The van der Waals surface area contributed by atoms with E-state index in [4.69, 9.17) is 28.9 Å². The van der Waals surface area contributed by atoms with Crippen molar-refractivity contribution >= 4 is 33.2 Å². The van der Waals surface area contributed by atoms with Gasteiger partial charge in [0.05, 0.1) is 4.90 Å². The number of hydrogen-bond donors (Lipinski definition) is 1. The van der Waals surface area contributed by atoms with E-state index in [9.17, 15) is 8.42 Å². The van der Waals surface area contributed by atoms with Gasteiger partial charge in [-0.05, 0) is 24.6 Å². The molecule has 1 atom stereocenters. The van der Waals surface area contributed by atoms with Crippen molar-refractivity contribution in [3.8, 4) is 0 Å². The minimum absolute atomic E-state index is 0.0977. The van der Waals surface area contributed by atoms with Crippen LogP contribution in [0.2, 0.25) is 10.0 Å². The first-order chi connectivity index (χ1) is 7.89. The largest absolute Gasteiger partial charge is 0.326 e. The molecule has 1 saturated heterocycles. The van der Waals surface area contributed by atoms with E-state index in [2.05, 4.69) is 0 Å². The maximum atomic E-state index is 12.2. The summed E-state index contributed by atoms with van der Waals surface area (Å²) in [5, 5.41) is 0.610. The lowest BCUT2D eigenvalue weighted by atomic mass is 10.3. The fourth-order valence-corrected chi connectivity index (χ4v) is 4.04. The molecule has 1 heterocycles. The second-order valence-corrected chi connectivity index (χ2v) is 6.83. The van der Waals surface area contributed by atoms with Crippen molar-refractivity contribution in [1.29, 1.82) is 0 Å². The Morgan fingerprint density at radius 2 is 1.82 bits per heavy atom. The third-order valence-electron chi connectivity index (χ3n) is 2.66. The van der Waals surface area contributed by atoms with Gasteiger partial charge in [-0.15, -0.1) is 0 Å². The van der Waals surface area contributed by atoms with Crippen molar-refractivity contribution in [2.45, 2.75) is 17.4 Å². The number of benzene rings is 1. The fraction of sp³-hybridized carbons (Fsp3) is 0.400. The second-order valence-electron chi connectivity index (χ2n) is 4.02. The molecule has 2 N–H and O–H groups in total. The molecule has 4 nitrogen and oxygen atoms in total. The lowest BCUT2D eigenvalue weighted by molar-refractivity contribution is 0.472. The monoisotopic (exact) mass is 294 g/mol. The third kappa shape index (κ3) is 2.74. The van der Waals surface area contributed by atoms with Crippen LogP contribution in [0.5, 0.6) is 0 Å². The lowest BCUT2D eigenvalue weighted by Crippen LogP contribution is -2.31. The maximum absolute atomic E-state index is 12.2. The summed E-state index contributed by atoms with van der Waals surface area (Å²) in [5.41, 5.74) is 5.70. The molecule has 1 aromatic carbocycles. The minimum Gasteiger partial charge on any atom is -0.326 e. The quantitative estimate of drug-likeness (QED) is 0.903. The van der Waals surface area contributed by atoms with E-state index in [1.165, 1.54) is 22.5 Å². The number of hydrogen-bond acceptors (Lipinski definition) is 3. The predicted molar refractivity (Wildman–Crippen MR) is 67.8 cm³/mol. The molecule has 0 aromatic heterocycles. The summed E-state index contributed by atoms with van der Waals surface area (Å²) >= 11 is 11.6. The zero-order chi connectivity index (χ0) is 12.6. The van der Waals surface area contributed by atoms with Crippen LogP contribution in [0.3, 0.4) is 0 Å². The summed E-state index contributed by atoms with van der Waals surface area (Å²) in [6, 6.07) is 4.19. The molecule has 1 fully saturated rings. The molecule has 2 rings (SSSR count). The van der Waals surface area contributed by atoms with Crippen LogP contribution in [0.4, 0.5) is 0 Å². The number of halogens is 2. The molecular weight excluding hydrogens is 283 g/mol. The van der Waals surface area contributed by atoms with Crippen LogP contribution < -0.4 is 5.73 Å². The van der Waals surface area contributed by atoms with Crippen molar-refractivity contribution in [1.82, 2.24) is 4.31 Å². The molecule has 0 amide bonds. The molecule has 1 aliphatic rings. The van der Waals surface area contributed by atoms with Crippen LogP contribution in [0, 0.1) is 0 Å². The number of nitrogens with zero attached hydrogens (tertiary/aromatic N) is 1. The molecular formula is C10H12Cl2N2O2S. The van der Waals surface area contributed by atoms with Gasteiger partial charge in [-0.2, -0.15) is 4.31 Å². The zero-order valence-electron chi connectivity index (χ0n) is 8.94. The summed E-state index contributed by atoms with van der Waals surface area (Å²) in [7, 11) is -3.53. The molecule has 0 radical (unpaired) electrons. The lowest BCUT2D eigenvalue weighted by Gasteiger charge is -2.16. The smallest absolute Gasteiger partial charge is 0.243 e. The SMILES string of the molecule is N[C@@H]1CCN(S(=O)(=O)c2cc(Cl)cc(Cl)c2)C1. The van der Waals surface area contributed by atoms with Gasteiger partial charge in [0.1, 0.15) is 0 Å². The molecule has 0 spiro atoms. The van der Waals surface area contributed by atoms with Crippen LogP contribution in [0.25, 0.3) is 0 Å². The maximum Gasteiger partial charge on any atom is 0.243 e. The van der Waals surface area contributed by atoms with Gasteiger partial charge in [-0.25, -0.2) is 8.42 Å². The van der Waals surface area contributed by atoms with Crippen LogP contribution in [0.15, 0.2) is 23.1 Å². The van der Waals surface area contributed by atoms with Crippen molar-refractivity contribution < 1.29 is 8.42 Å². The predicted octanol–water partition coefficient (Wildman–Crippen LogP) is 1.72. The first kappa shape index (κ1) is 13.1. The summed E-state index contributed by atoms with van der Waals surface area (Å²) in [4.78, 5) is 0.115. The van der Waals surface area contributed by atoms with E-state index in [1.54, 1.807) is 0 Å². The Labute approximate surface area is 110 Å². The number of sulfonamides is 1. The van der Waals surface area contributed by atoms with Crippen molar-refractivity contribution in [2.75, 3.05) is 13.1 Å². The van der Waals surface area contributed by atoms with Crippen molar-refractivity contribution in [2.24, 2.45) is 5.73 Å². The molecule has 0 unspecified atom stereocenters. The first-order valence-corrected chi connectivity index (χ1v) is 7.31. The third-order valence-corrected chi connectivity index (χ3v) is 4.94. The average molecular weight is 295 g/mol. The van der Waals surface area contributed by atoms with E-state index in [0.29, 0.717) is 29.6 Å². The van der Waals surface area contributed by atoms with Gasteiger partial charge in [0.2, 0.25) is 10.0 Å². The number of nitrogens with two attached hydrogens (primary N) is 1. The van der Waals surface area contributed by atoms with Crippen LogP contribution in [-0.2, 0) is 10.0 Å². The Morgan fingerprint density at radius 1 is 1.24 bits per heavy atom. The van der Waals surface area contributed by atoms with Gasteiger partial charge in [-0.1, -0.05) is 23.2 Å². The summed E-state index contributed by atoms with van der Waals surface area (Å²) < 4.78 is 25.8. The average Bonchev–Trinajstić information content (AvgIpc) is 2.64. The molecule has 0 aliphatic carbocycles. The highest BCUT2D eigenvalue weighted by molar-refractivity contribution is 7.89. The molecule has 1 aliphatic heterocycles. The van der Waals surface area contributed by atoms with Crippen LogP contribution in [0.1, 0.15) is 6.42 Å². The Hall–Kier alpha value is -0.330. The van der Waals surface area contributed by atoms with Gasteiger partial charge in [-0.3, -0.25) is 0 Å². The van der Waals surface area contributed by atoms with Gasteiger partial charge in [0.25, 0.3) is 0 Å². The van der Waals surface area contributed by atoms with E-state index in [1.807, 2.05) is 0 Å². The molecule has 1 aromatic rings. The first-order valence-electron chi connectivity index (χ1n) is 5.11. The van der Waals surface area contributed by atoms with E-state index >= 15 is 0 Å². The van der Waals surface area contributed by atoms with Gasteiger partial charge < -0.3 is 5.73 Å². The highest BCUT2D eigenvalue weighted by atomic mass is 35.5. The molecule has 7 heteroatoms. The Bertz CT molecular complexity index is 513. The second kappa shape index (κ2) is 4.74. The molecule has 94 valence electrons. The van der Waals surface area contributed by atoms with Crippen LogP contribution >= 0.6 is 23.2 Å². The number of rotatable bonds is 2. The topological polar surface area (TPSA) is 63.4 Å². The van der Waals surface area contributed by atoms with E-state index < -0.39 is 10.0 Å². The van der Waals surface area contributed by atoms with Gasteiger partial charge >= 0.3 is 0 Å².